The lowest BCUT2D eigenvalue weighted by Gasteiger charge is -2.70. The molecule has 19 unspecified atom stereocenters. The summed E-state index contributed by atoms with van der Waals surface area (Å²) >= 11 is 0. The van der Waals surface area contributed by atoms with E-state index in [2.05, 4.69) is 51.8 Å². The van der Waals surface area contributed by atoms with E-state index in [1.165, 1.54) is 0 Å². The Morgan fingerprint density at radius 3 is 2.06 bits per heavy atom. The van der Waals surface area contributed by atoms with Crippen LogP contribution in [0.4, 0.5) is 0 Å². The molecule has 67 heavy (non-hydrogen) atoms. The molecule has 0 radical (unpaired) electrons. The van der Waals surface area contributed by atoms with E-state index >= 15 is 0 Å². The first kappa shape index (κ1) is 50.9. The quantitative estimate of drug-likeness (QED) is 0.0764. The molecular formula is C46H74O20S. The van der Waals surface area contributed by atoms with Crippen molar-refractivity contribution in [1.29, 1.82) is 0 Å². The Morgan fingerprint density at radius 2 is 1.40 bits per heavy atom. The zero-order valence-electron chi connectivity index (χ0n) is 39.5. The van der Waals surface area contributed by atoms with E-state index < -0.39 is 126 Å². The number of aliphatic hydroxyl groups excluding tert-OH is 7. The topological polar surface area (TPSA) is 299 Å². The monoisotopic (exact) mass is 978 g/mol. The summed E-state index contributed by atoms with van der Waals surface area (Å²) in [5.74, 6) is -0.349. The third-order valence-electron chi connectivity index (χ3n) is 18.9. The van der Waals surface area contributed by atoms with Crippen LogP contribution in [0.1, 0.15) is 93.4 Å². The molecule has 5 saturated heterocycles. The minimum atomic E-state index is -5.01. The molecule has 21 heteroatoms. The van der Waals surface area contributed by atoms with Crippen LogP contribution in [0.25, 0.3) is 0 Å². The molecule has 9 N–H and O–H groups in total. The van der Waals surface area contributed by atoms with Crippen LogP contribution in [0, 0.1) is 51.2 Å². The van der Waals surface area contributed by atoms with Gasteiger partial charge in [0.15, 0.2) is 24.7 Å². The Balaban J connectivity index is 0.965. The van der Waals surface area contributed by atoms with Crippen molar-refractivity contribution >= 4 is 10.4 Å². The molecule has 2 bridgehead atoms. The molecule has 0 aromatic carbocycles. The SMILES string of the molecule is CC(C)=CC1CO[C@]23C[C@]4(CO2)C(CCC2[C@]5(C)CCC(OC6OCC(O)C(OC7OC(COS(=O)(=O)O)C(O)C(O)C7O)C6OC6OC(CO)C(O)C6O)C(C)(C)C5CC[C@]24C)C3[C@@]1(C)O. The van der Waals surface area contributed by atoms with Crippen molar-refractivity contribution in [2.75, 3.05) is 33.0 Å². The van der Waals surface area contributed by atoms with Crippen molar-refractivity contribution in [3.63, 3.8) is 0 Å². The number of allylic oxidation sites excluding steroid dienone is 1. The van der Waals surface area contributed by atoms with Crippen molar-refractivity contribution in [3.05, 3.63) is 11.6 Å². The van der Waals surface area contributed by atoms with E-state index in [0.717, 1.165) is 44.1 Å². The first-order valence-corrected chi connectivity index (χ1v) is 25.5. The normalized spacial score (nSPS) is 54.7. The predicted octanol–water partition coefficient (Wildman–Crippen LogP) is 0.290. The number of aliphatic hydroxyl groups is 8. The van der Waals surface area contributed by atoms with Crippen LogP contribution in [0.2, 0.25) is 0 Å². The predicted molar refractivity (Wildman–Crippen MR) is 229 cm³/mol. The largest absolute Gasteiger partial charge is 0.397 e. The van der Waals surface area contributed by atoms with Gasteiger partial charge in [0.05, 0.1) is 44.7 Å². The highest BCUT2D eigenvalue weighted by molar-refractivity contribution is 7.80. The Morgan fingerprint density at radius 1 is 0.746 bits per heavy atom. The molecule has 0 aromatic heterocycles. The maximum absolute atomic E-state index is 12.4. The number of ether oxygens (including phenoxy) is 8. The Kier molecular flexibility index (Phi) is 13.4. The summed E-state index contributed by atoms with van der Waals surface area (Å²) in [4.78, 5) is 0. The second-order valence-electron chi connectivity index (χ2n) is 22.9. The van der Waals surface area contributed by atoms with Crippen LogP contribution >= 0.6 is 0 Å². The van der Waals surface area contributed by atoms with Crippen LogP contribution in [-0.2, 0) is 52.5 Å². The summed E-state index contributed by atoms with van der Waals surface area (Å²) in [6, 6.07) is 0. The third-order valence-corrected chi connectivity index (χ3v) is 19.3. The summed E-state index contributed by atoms with van der Waals surface area (Å²) in [7, 11) is -5.01. The molecule has 5 aliphatic heterocycles. The number of rotatable bonds is 11. The summed E-state index contributed by atoms with van der Waals surface area (Å²) in [5.41, 5.74) is -0.718. The van der Waals surface area contributed by atoms with Crippen LogP contribution in [0.3, 0.4) is 0 Å². The first-order valence-electron chi connectivity index (χ1n) is 24.1. The number of hydrogen-bond donors (Lipinski definition) is 9. The van der Waals surface area contributed by atoms with E-state index in [-0.39, 0.29) is 46.5 Å². The molecule has 24 atom stereocenters. The lowest BCUT2D eigenvalue weighted by atomic mass is 9.35. The average Bonchev–Trinajstić information content (AvgIpc) is 3.88. The Labute approximate surface area is 392 Å². The second kappa shape index (κ2) is 17.6. The molecule has 9 aliphatic rings. The molecule has 384 valence electrons. The molecule has 9 fully saturated rings. The van der Waals surface area contributed by atoms with Crippen LogP contribution in [0.5, 0.6) is 0 Å². The van der Waals surface area contributed by atoms with Crippen molar-refractivity contribution in [1.82, 2.24) is 0 Å². The molecular weight excluding hydrogens is 905 g/mol. The van der Waals surface area contributed by atoms with Crippen molar-refractivity contribution in [2.24, 2.45) is 51.2 Å². The van der Waals surface area contributed by atoms with Crippen molar-refractivity contribution in [3.8, 4) is 0 Å². The van der Waals surface area contributed by atoms with Crippen LogP contribution in [-0.4, -0.2) is 184 Å². The lowest BCUT2D eigenvalue weighted by Crippen LogP contribution is -2.68. The second-order valence-corrected chi connectivity index (χ2v) is 24.0. The summed E-state index contributed by atoms with van der Waals surface area (Å²) in [6.45, 7) is 14.4. The third kappa shape index (κ3) is 8.04. The number of hydrogen-bond acceptors (Lipinski definition) is 19. The fourth-order valence-electron chi connectivity index (χ4n) is 15.7. The van der Waals surface area contributed by atoms with Gasteiger partial charge in [0.2, 0.25) is 0 Å². The van der Waals surface area contributed by atoms with Crippen molar-refractivity contribution in [2.45, 2.75) is 191 Å². The van der Waals surface area contributed by atoms with E-state index in [9.17, 15) is 49.3 Å². The molecule has 0 aromatic rings. The molecule has 4 aliphatic carbocycles. The van der Waals surface area contributed by atoms with Gasteiger partial charge in [0.1, 0.15) is 61.0 Å². The maximum atomic E-state index is 12.4. The fraction of sp³-hybridized carbons (Fsp3) is 0.957. The minimum absolute atomic E-state index is 0.102. The molecule has 0 amide bonds. The highest BCUT2D eigenvalue weighted by Crippen LogP contribution is 2.80. The van der Waals surface area contributed by atoms with E-state index in [4.69, 9.17) is 42.4 Å². The van der Waals surface area contributed by atoms with Gasteiger partial charge in [0, 0.05) is 23.7 Å². The summed E-state index contributed by atoms with van der Waals surface area (Å²) in [6.07, 6.45) is -13.6. The smallest absolute Gasteiger partial charge is 0.394 e. The van der Waals surface area contributed by atoms with Gasteiger partial charge < -0.3 is 78.7 Å². The van der Waals surface area contributed by atoms with Gasteiger partial charge in [0.25, 0.3) is 0 Å². The van der Waals surface area contributed by atoms with Crippen LogP contribution < -0.4 is 0 Å². The Hall–Kier alpha value is -1.03. The molecule has 9 rings (SSSR count). The van der Waals surface area contributed by atoms with E-state index in [1.807, 2.05) is 6.92 Å². The summed E-state index contributed by atoms with van der Waals surface area (Å²) < 4.78 is 86.6. The van der Waals surface area contributed by atoms with Gasteiger partial charge in [-0.3, -0.25) is 4.55 Å². The average molecular weight is 979 g/mol. The standard InChI is InChI=1S/C46H74O20S/c1-21(2)14-22-16-59-46-19-45(20-60-46)23(37(46)44(22,7)54)8-9-28-42(5)12-11-29(41(3,4)27(42)10-13-43(28,45)6)64-40-36(66-38-33(52)30(49)25(15-47)62-38)35(24(48)17-58-40)65-39-34(53)32(51)31(50)26(63-39)18-61-67(55,56)57/h14,22-40,47-54H,8-13,15-20H2,1-7H3,(H,55,56,57)/t22?,23?,24?,25?,26?,27?,28?,29?,30?,31?,32?,33?,34?,35?,36?,37?,38?,39?,40?,42-,43-,44+,45+,46-/m1/s1. The highest BCUT2D eigenvalue weighted by atomic mass is 32.3. The maximum Gasteiger partial charge on any atom is 0.397 e. The van der Waals surface area contributed by atoms with Gasteiger partial charge in [-0.2, -0.15) is 8.42 Å². The molecule has 5 heterocycles. The van der Waals surface area contributed by atoms with Crippen LogP contribution in [0.15, 0.2) is 11.6 Å². The van der Waals surface area contributed by atoms with Gasteiger partial charge in [-0.05, 0) is 93.3 Å². The van der Waals surface area contributed by atoms with Gasteiger partial charge in [-0.1, -0.05) is 39.3 Å². The van der Waals surface area contributed by atoms with Gasteiger partial charge in [-0.25, -0.2) is 4.18 Å². The lowest BCUT2D eigenvalue weighted by molar-refractivity contribution is -0.375. The zero-order valence-corrected chi connectivity index (χ0v) is 40.3. The first-order chi connectivity index (χ1) is 31.2. The minimum Gasteiger partial charge on any atom is -0.394 e. The molecule has 4 saturated carbocycles. The van der Waals surface area contributed by atoms with E-state index in [1.54, 1.807) is 0 Å². The number of fused-ring (bicyclic) bond motifs is 4. The van der Waals surface area contributed by atoms with Gasteiger partial charge >= 0.3 is 10.4 Å². The molecule has 20 nitrogen and oxygen atoms in total. The zero-order chi connectivity index (χ0) is 48.6. The van der Waals surface area contributed by atoms with E-state index in [0.29, 0.717) is 25.6 Å². The van der Waals surface area contributed by atoms with Gasteiger partial charge in [-0.15, -0.1) is 0 Å². The highest BCUT2D eigenvalue weighted by Gasteiger charge is 2.81. The Bertz CT molecular complexity index is 1970. The van der Waals surface area contributed by atoms with Crippen molar-refractivity contribution < 1.29 is 95.9 Å². The summed E-state index contributed by atoms with van der Waals surface area (Å²) in [5, 5.41) is 87.7. The molecule has 2 spiro atoms. The fourth-order valence-corrected chi connectivity index (χ4v) is 16.0.